The zero-order valence-corrected chi connectivity index (χ0v) is 14.4. The van der Waals surface area contributed by atoms with Crippen LogP contribution in [0.4, 0.5) is 0 Å². The van der Waals surface area contributed by atoms with E-state index in [-0.39, 0.29) is 5.60 Å². The van der Waals surface area contributed by atoms with E-state index >= 15 is 0 Å². The molecule has 3 nitrogen and oxygen atoms in total. The zero-order chi connectivity index (χ0) is 15.5. The van der Waals surface area contributed by atoms with Crippen LogP contribution >= 0.6 is 11.6 Å². The highest BCUT2D eigenvalue weighted by Gasteiger charge is 2.40. The Morgan fingerprint density at radius 3 is 2.81 bits per heavy atom. The minimum Gasteiger partial charge on any atom is -0.367 e. The minimum atomic E-state index is -0.344. The summed E-state index contributed by atoms with van der Waals surface area (Å²) in [5.41, 5.74) is 0.681. The lowest BCUT2D eigenvalue weighted by Crippen LogP contribution is -2.37. The summed E-state index contributed by atoms with van der Waals surface area (Å²) in [5, 5.41) is 0.535. The van der Waals surface area contributed by atoms with Gasteiger partial charge in [-0.3, -0.25) is 0 Å². The Kier molecular flexibility index (Phi) is 5.61. The van der Waals surface area contributed by atoms with Crippen LogP contribution in [0.2, 0.25) is 5.15 Å². The number of hydrogen-bond donors (Lipinski definition) is 0. The summed E-state index contributed by atoms with van der Waals surface area (Å²) in [4.78, 5) is 9.32. The summed E-state index contributed by atoms with van der Waals surface area (Å²) >= 11 is 6.24. The van der Waals surface area contributed by atoms with Gasteiger partial charge in [0, 0.05) is 12.3 Å². The largest absolute Gasteiger partial charge is 0.367 e. The Morgan fingerprint density at radius 2 is 2.19 bits per heavy atom. The first-order valence-corrected chi connectivity index (χ1v) is 8.51. The van der Waals surface area contributed by atoms with Crippen LogP contribution < -0.4 is 0 Å². The molecular formula is C17H27ClN2O. The fourth-order valence-corrected chi connectivity index (χ4v) is 3.57. The van der Waals surface area contributed by atoms with Crippen molar-refractivity contribution in [3.05, 3.63) is 22.7 Å². The van der Waals surface area contributed by atoms with Crippen molar-refractivity contribution < 1.29 is 4.74 Å². The fourth-order valence-electron chi connectivity index (χ4n) is 3.37. The average Bonchev–Trinajstić information content (AvgIpc) is 2.37. The minimum absolute atomic E-state index is 0.344. The molecule has 1 aliphatic rings. The Bertz CT molecular complexity index is 474. The number of aromatic nitrogens is 2. The van der Waals surface area contributed by atoms with Crippen molar-refractivity contribution in [2.24, 2.45) is 11.8 Å². The lowest BCUT2D eigenvalue weighted by molar-refractivity contribution is -0.0882. The lowest BCUT2D eigenvalue weighted by atomic mass is 9.78. The van der Waals surface area contributed by atoms with Gasteiger partial charge in [0.2, 0.25) is 0 Å². The summed E-state index contributed by atoms with van der Waals surface area (Å²) in [6, 6.07) is 1.89. The van der Waals surface area contributed by atoms with Crippen LogP contribution in [0.15, 0.2) is 6.07 Å². The highest BCUT2D eigenvalue weighted by Crippen LogP contribution is 2.41. The van der Waals surface area contributed by atoms with Gasteiger partial charge in [0.15, 0.2) is 5.82 Å². The molecular weight excluding hydrogens is 284 g/mol. The number of rotatable bonds is 5. The van der Waals surface area contributed by atoms with Gasteiger partial charge in [0.1, 0.15) is 10.8 Å². The van der Waals surface area contributed by atoms with E-state index < -0.39 is 0 Å². The van der Waals surface area contributed by atoms with Crippen molar-refractivity contribution in [1.82, 2.24) is 9.97 Å². The van der Waals surface area contributed by atoms with E-state index in [4.69, 9.17) is 21.3 Å². The number of nitrogens with zero attached hydrogens (tertiary/aromatic N) is 2. The second kappa shape index (κ2) is 7.06. The predicted molar refractivity (Wildman–Crippen MR) is 86.5 cm³/mol. The second-order valence-electron chi connectivity index (χ2n) is 6.73. The molecule has 4 heteroatoms. The standard InChI is InChI=1S/C17H27ClN2O/c1-5-21-17(8-6-7-13(4)11-17)16-19-14(9-12(2)3)10-15(18)20-16/h10,12-13H,5-9,11H2,1-4H3. The first-order valence-electron chi connectivity index (χ1n) is 8.13. The van der Waals surface area contributed by atoms with Crippen LogP contribution in [0.25, 0.3) is 0 Å². The molecule has 0 bridgehead atoms. The first-order chi connectivity index (χ1) is 9.95. The van der Waals surface area contributed by atoms with Crippen LogP contribution in [0.5, 0.6) is 0 Å². The van der Waals surface area contributed by atoms with Gasteiger partial charge in [-0.05, 0) is 50.5 Å². The van der Waals surface area contributed by atoms with Crippen molar-refractivity contribution in [3.63, 3.8) is 0 Å². The van der Waals surface area contributed by atoms with Gasteiger partial charge in [0.25, 0.3) is 0 Å². The van der Waals surface area contributed by atoms with Crippen molar-refractivity contribution >= 4 is 11.6 Å². The van der Waals surface area contributed by atoms with Crippen molar-refractivity contribution in [1.29, 1.82) is 0 Å². The highest BCUT2D eigenvalue weighted by atomic mass is 35.5. The zero-order valence-electron chi connectivity index (χ0n) is 13.7. The van der Waals surface area contributed by atoms with Gasteiger partial charge < -0.3 is 4.74 Å². The molecule has 2 rings (SSSR count). The molecule has 0 saturated heterocycles. The van der Waals surface area contributed by atoms with Gasteiger partial charge in [0.05, 0.1) is 0 Å². The Balaban J connectivity index is 2.37. The number of halogens is 1. The predicted octanol–water partition coefficient (Wildman–Crippen LogP) is 4.77. The van der Waals surface area contributed by atoms with E-state index in [1.54, 1.807) is 0 Å². The lowest BCUT2D eigenvalue weighted by Gasteiger charge is -2.38. The first kappa shape index (κ1) is 16.7. The topological polar surface area (TPSA) is 35.0 Å². The molecule has 0 aromatic carbocycles. The second-order valence-corrected chi connectivity index (χ2v) is 7.12. The number of hydrogen-bond acceptors (Lipinski definition) is 3. The average molecular weight is 311 g/mol. The van der Waals surface area contributed by atoms with E-state index in [9.17, 15) is 0 Å². The summed E-state index contributed by atoms with van der Waals surface area (Å²) in [6.45, 7) is 9.39. The molecule has 0 amide bonds. The molecule has 1 aromatic rings. The summed E-state index contributed by atoms with van der Waals surface area (Å²) in [5.74, 6) is 1.98. The van der Waals surface area contributed by atoms with E-state index in [0.717, 1.165) is 37.2 Å². The van der Waals surface area contributed by atoms with E-state index in [1.165, 1.54) is 6.42 Å². The molecule has 1 fully saturated rings. The summed E-state index contributed by atoms with van der Waals surface area (Å²) in [6.07, 6.45) is 5.33. The van der Waals surface area contributed by atoms with Gasteiger partial charge in [-0.25, -0.2) is 9.97 Å². The van der Waals surface area contributed by atoms with Crippen molar-refractivity contribution in [2.45, 2.75) is 65.4 Å². The van der Waals surface area contributed by atoms with Crippen molar-refractivity contribution in [2.75, 3.05) is 6.61 Å². The molecule has 0 N–H and O–H groups in total. The molecule has 2 atom stereocenters. The quantitative estimate of drug-likeness (QED) is 0.735. The van der Waals surface area contributed by atoms with E-state index in [1.807, 2.05) is 13.0 Å². The van der Waals surface area contributed by atoms with Gasteiger partial charge in [-0.2, -0.15) is 0 Å². The van der Waals surface area contributed by atoms with Gasteiger partial charge >= 0.3 is 0 Å². The maximum atomic E-state index is 6.24. The summed E-state index contributed by atoms with van der Waals surface area (Å²) < 4.78 is 6.16. The molecule has 1 aromatic heterocycles. The van der Waals surface area contributed by atoms with Crippen LogP contribution in [0.3, 0.4) is 0 Å². The van der Waals surface area contributed by atoms with Crippen LogP contribution in [-0.4, -0.2) is 16.6 Å². The molecule has 118 valence electrons. The third kappa shape index (κ3) is 4.17. The molecule has 2 unspecified atom stereocenters. The van der Waals surface area contributed by atoms with Gasteiger partial charge in [-0.1, -0.05) is 38.8 Å². The van der Waals surface area contributed by atoms with Crippen LogP contribution in [0.1, 0.15) is 64.9 Å². The third-order valence-corrected chi connectivity index (χ3v) is 4.34. The molecule has 0 aliphatic heterocycles. The summed E-state index contributed by atoms with van der Waals surface area (Å²) in [7, 11) is 0. The highest BCUT2D eigenvalue weighted by molar-refractivity contribution is 6.29. The van der Waals surface area contributed by atoms with Crippen LogP contribution in [-0.2, 0) is 16.8 Å². The maximum absolute atomic E-state index is 6.24. The van der Waals surface area contributed by atoms with Crippen molar-refractivity contribution in [3.8, 4) is 0 Å². The Morgan fingerprint density at radius 1 is 1.43 bits per heavy atom. The Labute approximate surface area is 133 Å². The monoisotopic (exact) mass is 310 g/mol. The SMILES string of the molecule is CCOC1(c2nc(Cl)cc(CC(C)C)n2)CCCC(C)C1. The normalized spacial score (nSPS) is 26.3. The van der Waals surface area contributed by atoms with Gasteiger partial charge in [-0.15, -0.1) is 0 Å². The molecule has 1 saturated carbocycles. The maximum Gasteiger partial charge on any atom is 0.162 e. The smallest absolute Gasteiger partial charge is 0.162 e. The Hall–Kier alpha value is -0.670. The van der Waals surface area contributed by atoms with Crippen LogP contribution in [0, 0.1) is 11.8 Å². The number of ether oxygens (including phenoxy) is 1. The van der Waals surface area contributed by atoms with E-state index in [2.05, 4.69) is 25.8 Å². The molecule has 0 radical (unpaired) electrons. The third-order valence-electron chi connectivity index (χ3n) is 4.15. The molecule has 1 aliphatic carbocycles. The fraction of sp³-hybridized carbons (Fsp3) is 0.765. The molecule has 21 heavy (non-hydrogen) atoms. The molecule has 0 spiro atoms. The molecule has 1 heterocycles. The van der Waals surface area contributed by atoms with E-state index in [0.29, 0.717) is 23.6 Å².